The number of nitrogens with zero attached hydrogens (tertiary/aromatic N) is 9. The average molecular weight is 1200 g/mol. The summed E-state index contributed by atoms with van der Waals surface area (Å²) >= 11 is 0. The topological polar surface area (TPSA) is 83.1 Å². The first kappa shape index (κ1) is 53.3. The number of imidazole rings is 4. The molecule has 12 aromatic carbocycles. The van der Waals surface area contributed by atoms with E-state index in [0.29, 0.717) is 6.42 Å². The number of benzene rings is 12. The first-order chi connectivity index (χ1) is 46.7. The van der Waals surface area contributed by atoms with Crippen molar-refractivity contribution in [2.45, 2.75) is 12.8 Å². The molecule has 2 aliphatic rings. The van der Waals surface area contributed by atoms with E-state index in [9.17, 15) is 0 Å². The van der Waals surface area contributed by atoms with E-state index in [0.717, 1.165) is 90.6 Å². The molecular formula is C85H55N9. The highest BCUT2D eigenvalue weighted by molar-refractivity contribution is 6.06. The van der Waals surface area contributed by atoms with Gasteiger partial charge < -0.3 is 0 Å². The molecule has 9 nitrogen and oxygen atoms in total. The lowest BCUT2D eigenvalue weighted by atomic mass is 9.81. The second-order valence-corrected chi connectivity index (χ2v) is 24.3. The molecule has 6 heterocycles. The van der Waals surface area contributed by atoms with E-state index in [2.05, 4.69) is 306 Å². The Morgan fingerprint density at radius 2 is 0.553 bits per heavy atom. The van der Waals surface area contributed by atoms with E-state index in [1.165, 1.54) is 94.6 Å². The molecule has 9 heteroatoms. The lowest BCUT2D eigenvalue weighted by Gasteiger charge is -2.23. The van der Waals surface area contributed by atoms with Gasteiger partial charge in [0.15, 0.2) is 0 Å². The zero-order valence-corrected chi connectivity index (χ0v) is 50.9. The Kier molecular flexibility index (Phi) is 12.2. The van der Waals surface area contributed by atoms with Gasteiger partial charge >= 0.3 is 0 Å². The van der Waals surface area contributed by atoms with Crippen molar-refractivity contribution in [3.05, 3.63) is 332 Å². The highest BCUT2D eigenvalue weighted by atomic mass is 15.2. The summed E-state index contributed by atoms with van der Waals surface area (Å²) in [7, 11) is 0. The Morgan fingerprint density at radius 3 is 0.936 bits per heavy atom. The van der Waals surface area contributed by atoms with Crippen molar-refractivity contribution in [3.8, 4) is 100 Å². The zero-order chi connectivity index (χ0) is 61.8. The van der Waals surface area contributed by atoms with Crippen LogP contribution in [-0.2, 0) is 12.8 Å². The van der Waals surface area contributed by atoms with Crippen LogP contribution in [0.25, 0.3) is 156 Å². The van der Waals surface area contributed by atoms with Gasteiger partial charge in [0.25, 0.3) is 0 Å². The Labute approximate surface area is 541 Å². The molecule has 20 rings (SSSR count). The molecule has 0 saturated carbocycles. The van der Waals surface area contributed by atoms with Gasteiger partial charge in [-0.2, -0.15) is 0 Å². The predicted octanol–water partition coefficient (Wildman–Crippen LogP) is 20.2. The first-order valence-electron chi connectivity index (χ1n) is 32.0. The van der Waals surface area contributed by atoms with Gasteiger partial charge in [-0.1, -0.05) is 212 Å². The third-order valence-electron chi connectivity index (χ3n) is 19.1. The summed E-state index contributed by atoms with van der Waals surface area (Å²) in [6.45, 7) is 0. The van der Waals surface area contributed by atoms with Gasteiger partial charge in [0, 0.05) is 48.5 Å². The maximum Gasteiger partial charge on any atom is 0.220 e. The predicted molar refractivity (Wildman–Crippen MR) is 382 cm³/mol. The highest BCUT2D eigenvalue weighted by Crippen LogP contribution is 2.51. The van der Waals surface area contributed by atoms with Gasteiger partial charge in [0.1, 0.15) is 5.82 Å². The van der Waals surface area contributed by atoms with Gasteiger partial charge in [-0.25, -0.2) is 19.9 Å². The molecule has 440 valence electrons. The highest BCUT2D eigenvalue weighted by Gasteiger charge is 2.27. The van der Waals surface area contributed by atoms with Crippen LogP contribution < -0.4 is 0 Å². The number of hydrogen-bond donors (Lipinski definition) is 0. The number of para-hydroxylation sites is 6. The Hall–Kier alpha value is -12.6. The molecule has 0 aliphatic heterocycles. The van der Waals surface area contributed by atoms with Crippen LogP contribution in [0.15, 0.2) is 310 Å². The van der Waals surface area contributed by atoms with Crippen LogP contribution >= 0.6 is 0 Å². The maximum atomic E-state index is 5.38. The molecule has 94 heavy (non-hydrogen) atoms. The lowest BCUT2D eigenvalue weighted by Crippen LogP contribution is -2.00. The Balaban J connectivity index is 0.000000133. The minimum Gasteiger partial charge on any atom is -0.278 e. The third-order valence-corrected chi connectivity index (χ3v) is 19.1. The number of rotatable bonds is 6. The summed E-state index contributed by atoms with van der Waals surface area (Å²) < 4.78 is 9.22. The molecule has 0 fully saturated rings. The van der Waals surface area contributed by atoms with Crippen molar-refractivity contribution < 1.29 is 0 Å². The first-order valence-corrected chi connectivity index (χ1v) is 32.0. The fourth-order valence-electron chi connectivity index (χ4n) is 15.0. The molecule has 0 spiro atoms. The summed E-state index contributed by atoms with van der Waals surface area (Å²) in [5.41, 5.74) is 33.9. The fraction of sp³-hybridized carbons (Fsp3) is 0.0235. The largest absolute Gasteiger partial charge is 0.278 e. The molecule has 0 saturated heterocycles. The molecule has 18 aromatic rings. The van der Waals surface area contributed by atoms with Crippen molar-refractivity contribution in [2.75, 3.05) is 0 Å². The number of aromatic nitrogens is 9. The summed E-state index contributed by atoms with van der Waals surface area (Å²) in [6.07, 6.45) is 6.79. The second kappa shape index (κ2) is 21.5. The van der Waals surface area contributed by atoms with E-state index < -0.39 is 0 Å². The van der Waals surface area contributed by atoms with E-state index in [-0.39, 0.29) is 0 Å². The van der Waals surface area contributed by atoms with Gasteiger partial charge in [-0.3, -0.25) is 22.9 Å². The monoisotopic (exact) mass is 1200 g/mol. The van der Waals surface area contributed by atoms with E-state index in [1.807, 2.05) is 24.4 Å². The lowest BCUT2D eigenvalue weighted by molar-refractivity contribution is 0.971. The van der Waals surface area contributed by atoms with Gasteiger partial charge in [-0.15, -0.1) is 0 Å². The molecule has 6 aromatic heterocycles. The van der Waals surface area contributed by atoms with Crippen LogP contribution in [-0.4, -0.2) is 42.9 Å². The smallest absolute Gasteiger partial charge is 0.220 e. The molecule has 0 radical (unpaired) electrons. The zero-order valence-electron chi connectivity index (χ0n) is 50.9. The van der Waals surface area contributed by atoms with Crippen LogP contribution in [0.4, 0.5) is 0 Å². The Morgan fingerprint density at radius 1 is 0.234 bits per heavy atom. The van der Waals surface area contributed by atoms with Crippen LogP contribution in [0.3, 0.4) is 0 Å². The Bertz CT molecular complexity index is 5680. The quantitative estimate of drug-likeness (QED) is 0.166. The van der Waals surface area contributed by atoms with Crippen LogP contribution in [0.2, 0.25) is 0 Å². The van der Waals surface area contributed by atoms with E-state index in [4.69, 9.17) is 9.97 Å². The molecule has 0 amide bonds. The number of pyridine rings is 1. The summed E-state index contributed by atoms with van der Waals surface area (Å²) in [6, 6.07) is 105. The molecule has 0 N–H and O–H groups in total. The summed E-state index contributed by atoms with van der Waals surface area (Å²) in [5, 5.41) is 0. The summed E-state index contributed by atoms with van der Waals surface area (Å²) in [5.74, 6) is 2.57. The second-order valence-electron chi connectivity index (χ2n) is 24.3. The van der Waals surface area contributed by atoms with Gasteiger partial charge in [0.05, 0.1) is 44.1 Å². The van der Waals surface area contributed by atoms with Crippen LogP contribution in [0.1, 0.15) is 22.6 Å². The normalized spacial score (nSPS) is 11.9. The van der Waals surface area contributed by atoms with E-state index in [1.54, 1.807) is 12.4 Å². The SMILES string of the molecule is c1ccc(Cc2cccc3c2nc2n(-c4ccc5c(c4)-c4ccccc4-c4ccccc4-c4ccccc4-5)c4ccccc4n32)nc1.c1cnc(Cc2cccc3c2nc2n(-c4ccc5c(c4)-c4ccccc4-c4ccccc4-c4ccccc4-5)c4ccccc4n32)nc1. The van der Waals surface area contributed by atoms with Gasteiger partial charge in [0.2, 0.25) is 11.6 Å². The number of hydrogen-bond acceptors (Lipinski definition) is 5. The van der Waals surface area contributed by atoms with Gasteiger partial charge in [-0.05, 0) is 179 Å². The fourth-order valence-corrected chi connectivity index (χ4v) is 15.0. The van der Waals surface area contributed by atoms with E-state index >= 15 is 0 Å². The third kappa shape index (κ3) is 8.38. The maximum absolute atomic E-state index is 5.38. The van der Waals surface area contributed by atoms with Crippen molar-refractivity contribution in [2.24, 2.45) is 0 Å². The minimum atomic E-state index is 0.618. The van der Waals surface area contributed by atoms with Crippen molar-refractivity contribution in [1.29, 1.82) is 0 Å². The van der Waals surface area contributed by atoms with Crippen molar-refractivity contribution >= 4 is 55.7 Å². The summed E-state index contributed by atoms with van der Waals surface area (Å²) in [4.78, 5) is 24.3. The molecule has 0 bridgehead atoms. The minimum absolute atomic E-state index is 0.618. The molecule has 0 unspecified atom stereocenters. The van der Waals surface area contributed by atoms with Crippen LogP contribution in [0.5, 0.6) is 0 Å². The average Bonchev–Trinajstić information content (AvgIpc) is 1.63. The van der Waals surface area contributed by atoms with Crippen LogP contribution in [0, 0.1) is 0 Å². The van der Waals surface area contributed by atoms with Crippen molar-refractivity contribution in [3.63, 3.8) is 0 Å². The molecule has 0 atom stereocenters. The standard InChI is InChI=1S/C43H28N4.C42H27N5/c1-2-15-32-31(14-1)33-16-3-4-18-35(33)37-24-23-30(27-38(37)36-19-6-5-17-34(32)36)46-39-20-7-8-21-40(39)47-41-22-11-12-28(42(41)45-43(46)47)26-29-13-9-10-25-44-29;1-2-13-30-29(12-1)31-14-3-4-16-33(31)35-22-21-28(26-36(35)34-17-6-5-15-32(30)34)46-37-18-7-8-19-38(37)47-39-20-9-11-27(41(39)45-42(46)47)25-40-43-23-10-24-44-40/h1-25,27H,26H2;1-24,26H,25H2. The van der Waals surface area contributed by atoms with Crippen molar-refractivity contribution in [1.82, 2.24) is 42.9 Å². The molecular weight excluding hydrogens is 1150 g/mol. The number of fused-ring (bicyclic) bond motifs is 26. The molecule has 2 aliphatic carbocycles.